The number of fused-ring (bicyclic) bond motifs is 1. The van der Waals surface area contributed by atoms with Crippen molar-refractivity contribution < 1.29 is 4.79 Å². The summed E-state index contributed by atoms with van der Waals surface area (Å²) in [6.45, 7) is 4.57. The first-order chi connectivity index (χ1) is 18.6. The quantitative estimate of drug-likeness (QED) is 0.378. The number of anilines is 2. The van der Waals surface area contributed by atoms with Crippen molar-refractivity contribution in [2.45, 2.75) is 44.4 Å². The number of nitrogen functional groups attached to an aromatic ring is 1. The number of nitrogens with zero attached hydrogens (tertiary/aromatic N) is 6. The fourth-order valence-corrected chi connectivity index (χ4v) is 5.20. The highest BCUT2D eigenvalue weighted by atomic mass is 16.1. The van der Waals surface area contributed by atoms with E-state index in [0.717, 1.165) is 43.7 Å². The zero-order valence-electron chi connectivity index (χ0n) is 21.4. The number of likely N-dealkylation sites (tertiary alicyclic amines) is 1. The Hall–Kier alpha value is -4.29. The smallest absolute Gasteiger partial charge is 0.258 e. The first-order valence-electron chi connectivity index (χ1n) is 13.1. The zero-order valence-corrected chi connectivity index (χ0v) is 21.4. The fourth-order valence-electron chi connectivity index (χ4n) is 5.20. The Labute approximate surface area is 221 Å². The lowest BCUT2D eigenvalue weighted by Gasteiger charge is -2.30. The first kappa shape index (κ1) is 24.1. The Morgan fingerprint density at radius 1 is 1.11 bits per heavy atom. The van der Waals surface area contributed by atoms with Crippen molar-refractivity contribution >= 4 is 23.2 Å². The Morgan fingerprint density at radius 2 is 1.97 bits per heavy atom. The summed E-state index contributed by atoms with van der Waals surface area (Å²) in [7, 11) is 0. The highest BCUT2D eigenvalue weighted by Gasteiger charge is 2.27. The first-order valence-corrected chi connectivity index (χ1v) is 13.1. The van der Waals surface area contributed by atoms with Crippen molar-refractivity contribution in [3.8, 4) is 23.4 Å². The van der Waals surface area contributed by atoms with Gasteiger partial charge in [-0.15, -0.1) is 5.92 Å². The molecule has 6 rings (SSSR count). The van der Waals surface area contributed by atoms with Crippen molar-refractivity contribution in [2.75, 3.05) is 30.7 Å². The molecule has 192 valence electrons. The van der Waals surface area contributed by atoms with E-state index in [9.17, 15) is 4.79 Å². The minimum absolute atomic E-state index is 0.253. The summed E-state index contributed by atoms with van der Waals surface area (Å²) in [5.74, 6) is 8.30. The molecular formula is C29H30N8O. The number of amides is 1. The third-order valence-corrected chi connectivity index (χ3v) is 7.31. The van der Waals surface area contributed by atoms with Crippen LogP contribution in [0.15, 0.2) is 48.9 Å². The number of pyridine rings is 2. The highest BCUT2D eigenvalue weighted by molar-refractivity contribution is 6.03. The van der Waals surface area contributed by atoms with Crippen LogP contribution in [0.5, 0.6) is 0 Å². The van der Waals surface area contributed by atoms with E-state index in [4.69, 9.17) is 10.7 Å². The average molecular weight is 507 g/mol. The van der Waals surface area contributed by atoms with E-state index in [2.05, 4.69) is 37.0 Å². The molecule has 4 aromatic rings. The van der Waals surface area contributed by atoms with Crippen LogP contribution in [0.3, 0.4) is 0 Å². The number of aromatic nitrogens is 5. The second-order valence-corrected chi connectivity index (χ2v) is 9.98. The van der Waals surface area contributed by atoms with Crippen molar-refractivity contribution in [3.63, 3.8) is 0 Å². The molecule has 0 spiro atoms. The monoisotopic (exact) mass is 506 g/mol. The second-order valence-electron chi connectivity index (χ2n) is 9.98. The van der Waals surface area contributed by atoms with E-state index in [0.29, 0.717) is 34.8 Å². The van der Waals surface area contributed by atoms with E-state index < -0.39 is 0 Å². The summed E-state index contributed by atoms with van der Waals surface area (Å²) in [6.07, 6.45) is 9.55. The molecule has 1 atom stereocenters. The van der Waals surface area contributed by atoms with Gasteiger partial charge in [-0.05, 0) is 81.0 Å². The van der Waals surface area contributed by atoms with Crippen molar-refractivity contribution in [3.05, 3.63) is 65.7 Å². The van der Waals surface area contributed by atoms with Gasteiger partial charge >= 0.3 is 0 Å². The van der Waals surface area contributed by atoms with Crippen LogP contribution >= 0.6 is 0 Å². The molecule has 5 heterocycles. The highest BCUT2D eigenvalue weighted by Crippen LogP contribution is 2.40. The number of rotatable bonds is 6. The van der Waals surface area contributed by atoms with Crippen molar-refractivity contribution in [1.82, 2.24) is 29.2 Å². The number of nitrogens with two attached hydrogens (primary N) is 1. The largest absolute Gasteiger partial charge is 0.369 e. The Balaban J connectivity index is 1.27. The molecule has 1 aliphatic carbocycles. The number of piperidine rings is 1. The number of nitrogens with one attached hydrogen (secondary N) is 1. The second kappa shape index (κ2) is 10.2. The van der Waals surface area contributed by atoms with Crippen LogP contribution in [-0.2, 0) is 0 Å². The number of carbonyl (C=O) groups excluding carboxylic acids is 1. The number of hydrogen-bond donors (Lipinski definition) is 2. The van der Waals surface area contributed by atoms with Crippen LogP contribution < -0.4 is 11.1 Å². The molecule has 9 heteroatoms. The molecule has 38 heavy (non-hydrogen) atoms. The van der Waals surface area contributed by atoms with Gasteiger partial charge in [0.15, 0.2) is 5.82 Å². The van der Waals surface area contributed by atoms with Gasteiger partial charge in [-0.1, -0.05) is 5.92 Å². The molecule has 0 bridgehead atoms. The van der Waals surface area contributed by atoms with Gasteiger partial charge in [-0.25, -0.2) is 15.0 Å². The van der Waals surface area contributed by atoms with E-state index in [1.54, 1.807) is 30.7 Å². The van der Waals surface area contributed by atoms with E-state index >= 15 is 0 Å². The lowest BCUT2D eigenvalue weighted by molar-refractivity contribution is 0.102. The van der Waals surface area contributed by atoms with Gasteiger partial charge < -0.3 is 11.1 Å². The van der Waals surface area contributed by atoms with Gasteiger partial charge in [0.1, 0.15) is 11.5 Å². The molecule has 1 amide bonds. The SMILES string of the molecule is CC#CCN1CCCC(c2nc(-c3ccc(C(=O)Nc4cc(C5CC5)ccn4)cn3)n3c(N)nccc23)C1. The lowest BCUT2D eigenvalue weighted by Crippen LogP contribution is -2.34. The Kier molecular flexibility index (Phi) is 6.48. The van der Waals surface area contributed by atoms with Gasteiger partial charge in [-0.2, -0.15) is 0 Å². The molecule has 1 saturated carbocycles. The van der Waals surface area contributed by atoms with Crippen LogP contribution in [0, 0.1) is 11.8 Å². The fraction of sp³-hybridized carbons (Fsp3) is 0.345. The molecular weight excluding hydrogens is 476 g/mol. The van der Waals surface area contributed by atoms with E-state index in [1.807, 2.05) is 29.5 Å². The Bertz CT molecular complexity index is 1540. The molecule has 0 radical (unpaired) electrons. The van der Waals surface area contributed by atoms with Gasteiger partial charge in [0.25, 0.3) is 5.91 Å². The van der Waals surface area contributed by atoms with Crippen LogP contribution in [-0.4, -0.2) is 54.8 Å². The number of imidazole rings is 1. The molecule has 1 saturated heterocycles. The molecule has 2 fully saturated rings. The van der Waals surface area contributed by atoms with Crippen LogP contribution in [0.2, 0.25) is 0 Å². The molecule has 1 aliphatic heterocycles. The molecule has 3 N–H and O–H groups in total. The third-order valence-electron chi connectivity index (χ3n) is 7.31. The molecule has 4 aromatic heterocycles. The normalized spacial score (nSPS) is 17.7. The van der Waals surface area contributed by atoms with Crippen molar-refractivity contribution in [2.24, 2.45) is 0 Å². The maximum Gasteiger partial charge on any atom is 0.258 e. The summed E-state index contributed by atoms with van der Waals surface area (Å²) < 4.78 is 1.86. The molecule has 0 aromatic carbocycles. The Morgan fingerprint density at radius 3 is 2.76 bits per heavy atom. The number of carbonyl (C=O) groups is 1. The van der Waals surface area contributed by atoms with Gasteiger partial charge in [0.2, 0.25) is 5.95 Å². The maximum absolute atomic E-state index is 12.9. The molecule has 1 unspecified atom stereocenters. The van der Waals surface area contributed by atoms with Gasteiger partial charge in [0.05, 0.1) is 23.3 Å². The standard InChI is InChI=1S/C29H30N8O/c1-2-3-14-36-15-4-5-22(18-36)26-24-11-13-32-29(30)37(24)27(35-26)23-9-8-21(17-33-23)28(38)34-25-16-20(10-12-31-25)19-6-7-19/h8-13,16-17,19,22H,4-7,14-15,18H2,1H3,(H2,30,32)(H,31,34,38). The average Bonchev–Trinajstić information content (AvgIpc) is 3.73. The summed E-state index contributed by atoms with van der Waals surface area (Å²) in [5, 5.41) is 2.89. The van der Waals surface area contributed by atoms with Crippen LogP contribution in [0.4, 0.5) is 11.8 Å². The predicted octanol–water partition coefficient (Wildman–Crippen LogP) is 4.10. The van der Waals surface area contributed by atoms with Crippen LogP contribution in [0.1, 0.15) is 66.1 Å². The van der Waals surface area contributed by atoms with Crippen LogP contribution in [0.25, 0.3) is 17.0 Å². The topological polar surface area (TPSA) is 114 Å². The van der Waals surface area contributed by atoms with E-state index in [-0.39, 0.29) is 11.8 Å². The van der Waals surface area contributed by atoms with Crippen molar-refractivity contribution in [1.29, 1.82) is 0 Å². The minimum Gasteiger partial charge on any atom is -0.369 e. The minimum atomic E-state index is -0.253. The molecule has 2 aliphatic rings. The lowest BCUT2D eigenvalue weighted by atomic mass is 9.94. The summed E-state index contributed by atoms with van der Waals surface area (Å²) in [5.41, 5.74) is 10.5. The third kappa shape index (κ3) is 4.83. The zero-order chi connectivity index (χ0) is 26.1. The maximum atomic E-state index is 12.9. The summed E-state index contributed by atoms with van der Waals surface area (Å²) >= 11 is 0. The number of hydrogen-bond acceptors (Lipinski definition) is 7. The summed E-state index contributed by atoms with van der Waals surface area (Å²) in [4.78, 5) is 33.5. The summed E-state index contributed by atoms with van der Waals surface area (Å²) in [6, 6.07) is 9.47. The van der Waals surface area contributed by atoms with Gasteiger partial charge in [-0.3, -0.25) is 19.1 Å². The molecule has 9 nitrogen and oxygen atoms in total. The predicted molar refractivity (Wildman–Crippen MR) is 147 cm³/mol. The van der Waals surface area contributed by atoms with E-state index in [1.165, 1.54) is 18.4 Å². The van der Waals surface area contributed by atoms with Gasteiger partial charge in [0, 0.05) is 31.1 Å².